The fraction of sp³-hybridized carbons (Fsp3) is 0.200. The Balaban J connectivity index is 1.42. The van der Waals surface area contributed by atoms with E-state index in [-0.39, 0.29) is 11.8 Å². The highest BCUT2D eigenvalue weighted by Crippen LogP contribution is 2.24. The van der Waals surface area contributed by atoms with Gasteiger partial charge >= 0.3 is 0 Å². The lowest BCUT2D eigenvalue weighted by Crippen LogP contribution is -2.23. The third kappa shape index (κ3) is 4.03. The minimum Gasteiger partial charge on any atom is -0.346 e. The van der Waals surface area contributed by atoms with Gasteiger partial charge in [0.25, 0.3) is 5.91 Å². The molecule has 7 heteroatoms. The van der Waals surface area contributed by atoms with Gasteiger partial charge in [-0.05, 0) is 48.7 Å². The van der Waals surface area contributed by atoms with E-state index in [0.29, 0.717) is 18.5 Å². The molecule has 2 amide bonds. The van der Waals surface area contributed by atoms with Crippen LogP contribution in [0.25, 0.3) is 10.6 Å². The summed E-state index contributed by atoms with van der Waals surface area (Å²) in [5.74, 6) is -0.122. The average molecular weight is 378 g/mol. The molecule has 3 aromatic rings. The molecular formula is C20H18N4O2S. The molecule has 27 heavy (non-hydrogen) atoms. The van der Waals surface area contributed by atoms with Crippen LogP contribution in [0, 0.1) is 0 Å². The summed E-state index contributed by atoms with van der Waals surface area (Å²) in [4.78, 5) is 32.8. The smallest absolute Gasteiger partial charge is 0.251 e. The van der Waals surface area contributed by atoms with Crippen molar-refractivity contribution in [3.05, 3.63) is 64.9 Å². The Hall–Kier alpha value is -3.06. The van der Waals surface area contributed by atoms with E-state index in [1.807, 2.05) is 23.6 Å². The molecule has 0 radical (unpaired) electrons. The number of anilines is 1. The molecule has 0 unspecified atom stereocenters. The van der Waals surface area contributed by atoms with Gasteiger partial charge in [-0.3, -0.25) is 14.6 Å². The lowest BCUT2D eigenvalue weighted by atomic mass is 10.0. The van der Waals surface area contributed by atoms with Gasteiger partial charge in [0.15, 0.2) is 0 Å². The van der Waals surface area contributed by atoms with Crippen LogP contribution < -0.4 is 10.6 Å². The Kier molecular flexibility index (Phi) is 4.93. The van der Waals surface area contributed by atoms with Gasteiger partial charge in [-0.2, -0.15) is 0 Å². The van der Waals surface area contributed by atoms with Crippen LogP contribution in [-0.2, 0) is 17.8 Å². The van der Waals surface area contributed by atoms with Gasteiger partial charge in [-0.1, -0.05) is 0 Å². The molecule has 0 aliphatic carbocycles. The number of pyridine rings is 1. The van der Waals surface area contributed by atoms with E-state index in [1.54, 1.807) is 24.5 Å². The number of benzene rings is 1. The number of nitrogens with one attached hydrogen (secondary N) is 2. The second kappa shape index (κ2) is 7.67. The lowest BCUT2D eigenvalue weighted by Gasteiger charge is -2.09. The van der Waals surface area contributed by atoms with Crippen LogP contribution in [0.5, 0.6) is 0 Å². The molecule has 6 nitrogen and oxygen atoms in total. The molecule has 1 aliphatic rings. The maximum Gasteiger partial charge on any atom is 0.251 e. The summed E-state index contributed by atoms with van der Waals surface area (Å²) >= 11 is 1.53. The number of amides is 2. The van der Waals surface area contributed by atoms with Gasteiger partial charge in [0, 0.05) is 41.0 Å². The van der Waals surface area contributed by atoms with Crippen molar-refractivity contribution in [2.24, 2.45) is 0 Å². The van der Waals surface area contributed by atoms with Gasteiger partial charge in [0.05, 0.1) is 12.2 Å². The van der Waals surface area contributed by atoms with Crippen molar-refractivity contribution in [1.29, 1.82) is 0 Å². The number of carbonyl (C=O) groups excluding carboxylic acids is 2. The summed E-state index contributed by atoms with van der Waals surface area (Å²) in [5, 5.41) is 8.62. The molecule has 1 aromatic carbocycles. The van der Waals surface area contributed by atoms with E-state index < -0.39 is 0 Å². The highest BCUT2D eigenvalue weighted by molar-refractivity contribution is 7.13. The summed E-state index contributed by atoms with van der Waals surface area (Å²) in [7, 11) is 0. The number of carbonyl (C=O) groups is 2. The first-order chi connectivity index (χ1) is 13.2. The minimum absolute atomic E-state index is 0.0268. The number of aryl methyl sites for hydroxylation is 1. The molecule has 0 saturated heterocycles. The third-order valence-electron chi connectivity index (χ3n) is 4.38. The first-order valence-electron chi connectivity index (χ1n) is 8.75. The molecule has 2 aromatic heterocycles. The molecule has 1 aliphatic heterocycles. The van der Waals surface area contributed by atoms with Crippen molar-refractivity contribution in [1.82, 2.24) is 15.3 Å². The summed E-state index contributed by atoms with van der Waals surface area (Å²) in [6, 6.07) is 9.23. The third-order valence-corrected chi connectivity index (χ3v) is 5.32. The van der Waals surface area contributed by atoms with Gasteiger partial charge in [-0.25, -0.2) is 4.98 Å². The molecule has 0 atom stereocenters. The van der Waals surface area contributed by atoms with E-state index in [0.717, 1.165) is 40.4 Å². The highest BCUT2D eigenvalue weighted by Gasteiger charge is 2.15. The molecular weight excluding hydrogens is 360 g/mol. The SMILES string of the molecule is O=C1CCCc2cc(C(=O)NCc3csc(-c4cccnc4)n3)ccc2N1. The van der Waals surface area contributed by atoms with Gasteiger partial charge in [0.1, 0.15) is 5.01 Å². The molecule has 0 saturated carbocycles. The van der Waals surface area contributed by atoms with Crippen LogP contribution in [0.1, 0.15) is 34.5 Å². The molecule has 0 spiro atoms. The van der Waals surface area contributed by atoms with Crippen LogP contribution in [0.2, 0.25) is 0 Å². The Bertz CT molecular complexity index is 985. The first kappa shape index (κ1) is 17.4. The van der Waals surface area contributed by atoms with E-state index in [9.17, 15) is 9.59 Å². The number of aromatic nitrogens is 2. The van der Waals surface area contributed by atoms with Crippen molar-refractivity contribution in [3.63, 3.8) is 0 Å². The van der Waals surface area contributed by atoms with Crippen molar-refractivity contribution < 1.29 is 9.59 Å². The van der Waals surface area contributed by atoms with Crippen molar-refractivity contribution >= 4 is 28.8 Å². The number of nitrogens with zero attached hydrogens (tertiary/aromatic N) is 2. The molecule has 136 valence electrons. The predicted molar refractivity (Wildman–Crippen MR) is 105 cm³/mol. The summed E-state index contributed by atoms with van der Waals surface area (Å²) in [6.45, 7) is 0.365. The lowest BCUT2D eigenvalue weighted by molar-refractivity contribution is -0.116. The quantitative estimate of drug-likeness (QED) is 0.729. The molecule has 3 heterocycles. The first-order valence-corrected chi connectivity index (χ1v) is 9.63. The van der Waals surface area contributed by atoms with Crippen LogP contribution in [-0.4, -0.2) is 21.8 Å². The second-order valence-corrected chi connectivity index (χ2v) is 7.20. The minimum atomic E-state index is -0.149. The molecule has 4 rings (SSSR count). The average Bonchev–Trinajstić information content (AvgIpc) is 3.09. The monoisotopic (exact) mass is 378 g/mol. The number of hydrogen-bond acceptors (Lipinski definition) is 5. The van der Waals surface area contributed by atoms with Gasteiger partial charge in [-0.15, -0.1) is 11.3 Å². The Morgan fingerprint density at radius 1 is 1.26 bits per heavy atom. The molecule has 0 fully saturated rings. The summed E-state index contributed by atoms with van der Waals surface area (Å²) in [5.41, 5.74) is 4.17. The number of thiazole rings is 1. The molecule has 0 bridgehead atoms. The standard InChI is InChI=1S/C20H18N4O2S/c25-18-5-1-3-13-9-14(6-7-17(13)24-18)19(26)22-11-16-12-27-20(23-16)15-4-2-8-21-10-15/h2,4,6-10,12H,1,3,5,11H2,(H,22,26)(H,24,25). The normalized spacial score (nSPS) is 13.4. The topological polar surface area (TPSA) is 84.0 Å². The van der Waals surface area contributed by atoms with Crippen LogP contribution >= 0.6 is 11.3 Å². The van der Waals surface area contributed by atoms with E-state index >= 15 is 0 Å². The molecule has 2 N–H and O–H groups in total. The van der Waals surface area contributed by atoms with Crippen LogP contribution in [0.4, 0.5) is 5.69 Å². The van der Waals surface area contributed by atoms with Gasteiger partial charge < -0.3 is 10.6 Å². The van der Waals surface area contributed by atoms with E-state index in [1.165, 1.54) is 11.3 Å². The fourth-order valence-corrected chi connectivity index (χ4v) is 3.81. The summed E-state index contributed by atoms with van der Waals surface area (Å²) < 4.78 is 0. The summed E-state index contributed by atoms with van der Waals surface area (Å²) in [6.07, 6.45) is 5.59. The zero-order valence-electron chi connectivity index (χ0n) is 14.6. The number of fused-ring (bicyclic) bond motifs is 1. The zero-order valence-corrected chi connectivity index (χ0v) is 15.4. The largest absolute Gasteiger partial charge is 0.346 e. The fourth-order valence-electron chi connectivity index (χ4n) is 3.00. The van der Waals surface area contributed by atoms with Crippen molar-refractivity contribution in [3.8, 4) is 10.6 Å². The number of rotatable bonds is 4. The Labute approximate surface area is 160 Å². The van der Waals surface area contributed by atoms with Crippen molar-refractivity contribution in [2.75, 3.05) is 5.32 Å². The van der Waals surface area contributed by atoms with Crippen LogP contribution in [0.15, 0.2) is 48.1 Å². The maximum atomic E-state index is 12.5. The van der Waals surface area contributed by atoms with Gasteiger partial charge in [0.2, 0.25) is 5.91 Å². The number of hydrogen-bond donors (Lipinski definition) is 2. The predicted octanol–water partition coefficient (Wildman–Crippen LogP) is 3.41. The Morgan fingerprint density at radius 3 is 3.04 bits per heavy atom. The van der Waals surface area contributed by atoms with Crippen molar-refractivity contribution in [2.45, 2.75) is 25.8 Å². The zero-order chi connectivity index (χ0) is 18.6. The maximum absolute atomic E-state index is 12.5. The van der Waals surface area contributed by atoms with E-state index in [4.69, 9.17) is 0 Å². The second-order valence-electron chi connectivity index (χ2n) is 6.34. The highest BCUT2D eigenvalue weighted by atomic mass is 32.1. The van der Waals surface area contributed by atoms with Crippen LogP contribution in [0.3, 0.4) is 0 Å². The Morgan fingerprint density at radius 2 is 2.19 bits per heavy atom. The van der Waals surface area contributed by atoms with E-state index in [2.05, 4.69) is 20.6 Å².